The molecule has 2 heterocycles. The number of furan rings is 1. The zero-order chi connectivity index (χ0) is 13.0. The number of rotatable bonds is 6. The summed E-state index contributed by atoms with van der Waals surface area (Å²) in [7, 11) is 6.36. The molecule has 0 saturated carbocycles. The molecule has 0 aromatic carbocycles. The summed E-state index contributed by atoms with van der Waals surface area (Å²) in [6, 6.07) is 2.06. The maximum absolute atomic E-state index is 5.58. The van der Waals surface area contributed by atoms with E-state index in [-0.39, 0.29) is 0 Å². The van der Waals surface area contributed by atoms with Gasteiger partial charge in [-0.3, -0.25) is 4.90 Å². The van der Waals surface area contributed by atoms with E-state index in [0.29, 0.717) is 0 Å². The van der Waals surface area contributed by atoms with E-state index in [1.807, 2.05) is 7.05 Å². The van der Waals surface area contributed by atoms with Crippen LogP contribution in [-0.2, 0) is 13.1 Å². The minimum absolute atomic E-state index is 0.808. The largest absolute Gasteiger partial charge is 0.468 e. The smallest absolute Gasteiger partial charge is 0.122 e. The Morgan fingerprint density at radius 3 is 3.06 bits per heavy atom. The van der Waals surface area contributed by atoms with Crippen LogP contribution >= 0.6 is 0 Å². The molecule has 1 aliphatic rings. The third-order valence-electron chi connectivity index (χ3n) is 3.68. The highest BCUT2D eigenvalue weighted by Gasteiger charge is 2.21. The van der Waals surface area contributed by atoms with Gasteiger partial charge in [0, 0.05) is 25.2 Å². The number of hydrogen-bond acceptors (Lipinski definition) is 4. The monoisotopic (exact) mass is 251 g/mol. The van der Waals surface area contributed by atoms with Crippen molar-refractivity contribution in [3.63, 3.8) is 0 Å². The lowest BCUT2D eigenvalue weighted by molar-refractivity contribution is 0.247. The zero-order valence-corrected chi connectivity index (χ0v) is 11.8. The first-order valence-electron chi connectivity index (χ1n) is 6.76. The van der Waals surface area contributed by atoms with Gasteiger partial charge in [-0.25, -0.2) is 0 Å². The normalized spacial score (nSPS) is 21.0. The molecule has 0 bridgehead atoms. The maximum atomic E-state index is 5.58. The summed E-state index contributed by atoms with van der Waals surface area (Å²) in [5.41, 5.74) is 1.27. The Hall–Kier alpha value is -0.840. The fourth-order valence-corrected chi connectivity index (χ4v) is 2.78. The van der Waals surface area contributed by atoms with E-state index in [1.54, 1.807) is 6.26 Å². The Bertz CT molecular complexity index is 364. The van der Waals surface area contributed by atoms with Crippen molar-refractivity contribution in [3.8, 4) is 0 Å². The van der Waals surface area contributed by atoms with Crippen LogP contribution < -0.4 is 5.32 Å². The van der Waals surface area contributed by atoms with Gasteiger partial charge in [-0.2, -0.15) is 0 Å². The molecule has 4 heteroatoms. The molecule has 1 N–H and O–H groups in total. The van der Waals surface area contributed by atoms with E-state index in [9.17, 15) is 0 Å². The fourth-order valence-electron chi connectivity index (χ4n) is 2.78. The Labute approximate surface area is 110 Å². The maximum Gasteiger partial charge on any atom is 0.122 e. The van der Waals surface area contributed by atoms with Crippen LogP contribution in [-0.4, -0.2) is 50.6 Å². The van der Waals surface area contributed by atoms with E-state index in [1.165, 1.54) is 25.1 Å². The van der Waals surface area contributed by atoms with Crippen molar-refractivity contribution in [2.24, 2.45) is 5.92 Å². The molecule has 1 fully saturated rings. The van der Waals surface area contributed by atoms with Crippen molar-refractivity contribution in [2.45, 2.75) is 19.5 Å². The molecular weight excluding hydrogens is 226 g/mol. The summed E-state index contributed by atoms with van der Waals surface area (Å²) in [6.45, 7) is 5.41. The average Bonchev–Trinajstić information content (AvgIpc) is 2.90. The molecule has 0 spiro atoms. The Morgan fingerprint density at radius 2 is 2.39 bits per heavy atom. The van der Waals surface area contributed by atoms with Gasteiger partial charge in [0.2, 0.25) is 0 Å². The Balaban J connectivity index is 1.82. The topological polar surface area (TPSA) is 31.7 Å². The van der Waals surface area contributed by atoms with E-state index >= 15 is 0 Å². The molecule has 0 aliphatic carbocycles. The second kappa shape index (κ2) is 6.36. The molecule has 1 aliphatic heterocycles. The van der Waals surface area contributed by atoms with Gasteiger partial charge in [0.1, 0.15) is 5.76 Å². The number of hydrogen-bond donors (Lipinski definition) is 1. The van der Waals surface area contributed by atoms with Crippen molar-refractivity contribution in [1.29, 1.82) is 0 Å². The molecular formula is C14H25N3O. The van der Waals surface area contributed by atoms with Crippen LogP contribution in [0.15, 0.2) is 16.7 Å². The van der Waals surface area contributed by atoms with E-state index in [0.717, 1.165) is 31.3 Å². The lowest BCUT2D eigenvalue weighted by Crippen LogP contribution is -2.27. The van der Waals surface area contributed by atoms with Crippen LogP contribution in [0.4, 0.5) is 0 Å². The molecule has 1 aromatic rings. The van der Waals surface area contributed by atoms with Crippen molar-refractivity contribution >= 4 is 0 Å². The molecule has 1 atom stereocenters. The predicted molar refractivity (Wildman–Crippen MR) is 73.4 cm³/mol. The van der Waals surface area contributed by atoms with Gasteiger partial charge in [-0.1, -0.05) is 0 Å². The number of likely N-dealkylation sites (tertiary alicyclic amines) is 1. The Morgan fingerprint density at radius 1 is 1.56 bits per heavy atom. The van der Waals surface area contributed by atoms with Crippen LogP contribution in [0.25, 0.3) is 0 Å². The second-order valence-corrected chi connectivity index (χ2v) is 5.51. The van der Waals surface area contributed by atoms with Gasteiger partial charge < -0.3 is 14.6 Å². The van der Waals surface area contributed by atoms with Gasteiger partial charge in [0.25, 0.3) is 0 Å². The summed E-state index contributed by atoms with van der Waals surface area (Å²) in [6.07, 6.45) is 3.11. The van der Waals surface area contributed by atoms with Crippen molar-refractivity contribution in [3.05, 3.63) is 23.7 Å². The molecule has 0 amide bonds. The predicted octanol–water partition coefficient (Wildman–Crippen LogP) is 1.38. The van der Waals surface area contributed by atoms with Crippen molar-refractivity contribution in [1.82, 2.24) is 15.1 Å². The lowest BCUT2D eigenvalue weighted by Gasteiger charge is -2.20. The fraction of sp³-hybridized carbons (Fsp3) is 0.714. The summed E-state index contributed by atoms with van der Waals surface area (Å²) in [5.74, 6) is 1.90. The Kier molecular flexibility index (Phi) is 4.80. The second-order valence-electron chi connectivity index (χ2n) is 5.51. The molecule has 2 rings (SSSR count). The lowest BCUT2D eigenvalue weighted by atomic mass is 10.1. The minimum atomic E-state index is 0.808. The molecule has 1 unspecified atom stereocenters. The van der Waals surface area contributed by atoms with Gasteiger partial charge in [-0.05, 0) is 46.1 Å². The van der Waals surface area contributed by atoms with Gasteiger partial charge in [0.15, 0.2) is 0 Å². The third-order valence-corrected chi connectivity index (χ3v) is 3.68. The third kappa shape index (κ3) is 3.57. The van der Waals surface area contributed by atoms with Crippen LogP contribution in [0.2, 0.25) is 0 Å². The quantitative estimate of drug-likeness (QED) is 0.828. The van der Waals surface area contributed by atoms with Crippen LogP contribution in [0.1, 0.15) is 17.7 Å². The SMILES string of the molecule is CNCc1ccoc1CN(C)CC1CCN(C)C1. The highest BCUT2D eigenvalue weighted by molar-refractivity contribution is 5.16. The molecule has 1 saturated heterocycles. The minimum Gasteiger partial charge on any atom is -0.468 e. The van der Waals surface area contributed by atoms with Crippen molar-refractivity contribution in [2.75, 3.05) is 40.8 Å². The van der Waals surface area contributed by atoms with E-state index < -0.39 is 0 Å². The highest BCUT2D eigenvalue weighted by Crippen LogP contribution is 2.17. The van der Waals surface area contributed by atoms with E-state index in [4.69, 9.17) is 4.42 Å². The number of nitrogens with zero attached hydrogens (tertiary/aromatic N) is 2. The molecule has 0 radical (unpaired) electrons. The summed E-state index contributed by atoms with van der Waals surface area (Å²) >= 11 is 0. The van der Waals surface area contributed by atoms with E-state index in [2.05, 4.69) is 35.3 Å². The molecule has 1 aromatic heterocycles. The first kappa shape index (κ1) is 13.6. The van der Waals surface area contributed by atoms with Crippen LogP contribution in [0.5, 0.6) is 0 Å². The van der Waals surface area contributed by atoms with Crippen molar-refractivity contribution < 1.29 is 4.42 Å². The first-order valence-corrected chi connectivity index (χ1v) is 6.76. The average molecular weight is 251 g/mol. The summed E-state index contributed by atoms with van der Waals surface area (Å²) in [5, 5.41) is 3.18. The van der Waals surface area contributed by atoms with Crippen LogP contribution in [0.3, 0.4) is 0 Å². The summed E-state index contributed by atoms with van der Waals surface area (Å²) < 4.78 is 5.58. The molecule has 18 heavy (non-hydrogen) atoms. The van der Waals surface area contributed by atoms with Crippen LogP contribution in [0, 0.1) is 5.92 Å². The van der Waals surface area contributed by atoms with Gasteiger partial charge in [0.05, 0.1) is 12.8 Å². The summed E-state index contributed by atoms with van der Waals surface area (Å²) in [4.78, 5) is 4.79. The molecule has 4 nitrogen and oxygen atoms in total. The standard InChI is InChI=1S/C14H25N3O/c1-15-8-13-5-7-18-14(13)11-17(3)10-12-4-6-16(2)9-12/h5,7,12,15H,4,6,8-11H2,1-3H3. The zero-order valence-electron chi connectivity index (χ0n) is 11.8. The first-order chi connectivity index (χ1) is 8.69. The van der Waals surface area contributed by atoms with Gasteiger partial charge in [-0.15, -0.1) is 0 Å². The molecule has 102 valence electrons. The highest BCUT2D eigenvalue weighted by atomic mass is 16.3. The number of nitrogens with one attached hydrogen (secondary N) is 1. The van der Waals surface area contributed by atoms with Gasteiger partial charge >= 0.3 is 0 Å².